The van der Waals surface area contributed by atoms with E-state index in [9.17, 15) is 4.79 Å². The van der Waals surface area contributed by atoms with Gasteiger partial charge in [-0.3, -0.25) is 15.4 Å². The summed E-state index contributed by atoms with van der Waals surface area (Å²) in [6, 6.07) is 16.1. The average Bonchev–Trinajstić information content (AvgIpc) is 2.56. The third-order valence-electron chi connectivity index (χ3n) is 2.69. The van der Waals surface area contributed by atoms with Gasteiger partial charge in [0.2, 0.25) is 0 Å². The molecule has 0 aliphatic carbocycles. The zero-order chi connectivity index (χ0) is 15.8. The Hall–Kier alpha value is -2.77. The lowest BCUT2D eigenvalue weighted by molar-refractivity contribution is 0.0706. The van der Waals surface area contributed by atoms with Crippen molar-refractivity contribution in [3.8, 4) is 0 Å². The van der Waals surface area contributed by atoms with Crippen LogP contribution in [-0.2, 0) is 0 Å². The van der Waals surface area contributed by atoms with Crippen molar-refractivity contribution in [1.82, 2.24) is 10.9 Å². The number of hydroxylamine groups is 1. The fraction of sp³-hybridized carbons (Fsp3) is 0. The van der Waals surface area contributed by atoms with E-state index >= 15 is 0 Å². The minimum Gasteiger partial charge on any atom is -0.331 e. The van der Waals surface area contributed by atoms with E-state index in [1.165, 1.54) is 0 Å². The van der Waals surface area contributed by atoms with Crippen molar-refractivity contribution in [3.05, 3.63) is 65.7 Å². The van der Waals surface area contributed by atoms with Crippen molar-refractivity contribution in [1.29, 1.82) is 0 Å². The van der Waals surface area contributed by atoms with Crippen molar-refractivity contribution in [2.75, 3.05) is 5.32 Å². The Morgan fingerprint density at radius 3 is 2.41 bits per heavy atom. The molecule has 4 N–H and O–H groups in total. The molecule has 0 saturated carbocycles. The number of nitrogens with one attached hydrogen (secondary N) is 3. The molecule has 0 spiro atoms. The van der Waals surface area contributed by atoms with Crippen molar-refractivity contribution < 1.29 is 10.0 Å². The summed E-state index contributed by atoms with van der Waals surface area (Å²) in [6.07, 6.45) is 1.66. The molecule has 6 nitrogen and oxygen atoms in total. The summed E-state index contributed by atoms with van der Waals surface area (Å²) in [5.41, 5.74) is 6.26. The normalized spacial score (nSPS) is 10.2. The molecule has 0 fully saturated rings. The van der Waals surface area contributed by atoms with E-state index in [0.29, 0.717) is 16.4 Å². The molecule has 2 rings (SSSR count). The predicted molar refractivity (Wildman–Crippen MR) is 89.1 cm³/mol. The van der Waals surface area contributed by atoms with Gasteiger partial charge in [-0.1, -0.05) is 30.3 Å². The zero-order valence-electron chi connectivity index (χ0n) is 11.5. The molecule has 0 aliphatic rings. The number of hydrogen-bond acceptors (Lipinski definition) is 4. The maximum Gasteiger partial charge on any atom is 0.274 e. The van der Waals surface area contributed by atoms with Gasteiger partial charge in [-0.05, 0) is 42.0 Å². The fourth-order valence-corrected chi connectivity index (χ4v) is 1.80. The third-order valence-corrected chi connectivity index (χ3v) is 2.88. The van der Waals surface area contributed by atoms with Crippen LogP contribution in [0.1, 0.15) is 15.9 Å². The Morgan fingerprint density at radius 1 is 1.09 bits per heavy atom. The van der Waals surface area contributed by atoms with Gasteiger partial charge in [-0.2, -0.15) is 5.10 Å². The van der Waals surface area contributed by atoms with Crippen LogP contribution >= 0.6 is 12.2 Å². The summed E-state index contributed by atoms with van der Waals surface area (Å²) in [5, 5.41) is 15.8. The van der Waals surface area contributed by atoms with Gasteiger partial charge >= 0.3 is 0 Å². The highest BCUT2D eigenvalue weighted by Crippen LogP contribution is 2.09. The minimum atomic E-state index is -0.570. The number of nitrogens with zero attached hydrogens (tertiary/aromatic N) is 1. The van der Waals surface area contributed by atoms with Crippen molar-refractivity contribution in [2.45, 2.75) is 0 Å². The van der Waals surface area contributed by atoms with Crippen LogP contribution in [0.3, 0.4) is 0 Å². The number of benzene rings is 2. The van der Waals surface area contributed by atoms with Crippen LogP contribution in [0.2, 0.25) is 0 Å². The van der Waals surface area contributed by atoms with Gasteiger partial charge in [0.1, 0.15) is 0 Å². The third kappa shape index (κ3) is 4.65. The highest BCUT2D eigenvalue weighted by Gasteiger charge is 2.03. The first kappa shape index (κ1) is 15.6. The average molecular weight is 314 g/mol. The number of thiocarbonyl (C=S) groups is 1. The molecule has 0 saturated heterocycles. The molecule has 1 amide bonds. The molecule has 7 heteroatoms. The Bertz CT molecular complexity index is 672. The molecule has 2 aromatic rings. The van der Waals surface area contributed by atoms with Crippen LogP contribution < -0.4 is 16.2 Å². The van der Waals surface area contributed by atoms with E-state index < -0.39 is 5.91 Å². The standard InChI is InChI=1S/C15H14N4O2S/c20-14(19-21)12-6-8-13(9-7-12)17-15(22)18-16-10-11-4-2-1-3-5-11/h1-10,21H,(H,19,20)(H2,17,18,22)/b16-10+. The molecule has 0 aliphatic heterocycles. The lowest BCUT2D eigenvalue weighted by atomic mass is 10.2. The van der Waals surface area contributed by atoms with E-state index in [1.807, 2.05) is 30.3 Å². The van der Waals surface area contributed by atoms with Crippen LogP contribution in [0.15, 0.2) is 59.7 Å². The monoisotopic (exact) mass is 314 g/mol. The molecule has 22 heavy (non-hydrogen) atoms. The topological polar surface area (TPSA) is 85.8 Å². The molecule has 0 aromatic heterocycles. The van der Waals surface area contributed by atoms with E-state index in [2.05, 4.69) is 15.8 Å². The lowest BCUT2D eigenvalue weighted by Crippen LogP contribution is -2.24. The zero-order valence-corrected chi connectivity index (χ0v) is 12.3. The SMILES string of the molecule is O=C(NO)c1ccc(NC(=S)N/N=C/c2ccccc2)cc1. The van der Waals surface area contributed by atoms with E-state index in [-0.39, 0.29) is 0 Å². The maximum atomic E-state index is 11.2. The molecule has 0 heterocycles. The first-order valence-corrected chi connectivity index (χ1v) is 6.79. The number of carbonyl (C=O) groups is 1. The summed E-state index contributed by atoms with van der Waals surface area (Å²) in [6.45, 7) is 0. The van der Waals surface area contributed by atoms with Gasteiger partial charge in [-0.15, -0.1) is 0 Å². The van der Waals surface area contributed by atoms with Crippen LogP contribution in [0, 0.1) is 0 Å². The number of hydrazone groups is 1. The number of amides is 1. The van der Waals surface area contributed by atoms with E-state index in [4.69, 9.17) is 17.4 Å². The predicted octanol–water partition coefficient (Wildman–Crippen LogP) is 2.13. The second kappa shape index (κ2) is 7.87. The van der Waals surface area contributed by atoms with Crippen molar-refractivity contribution in [2.24, 2.45) is 5.10 Å². The molecular formula is C15H14N4O2S. The van der Waals surface area contributed by atoms with Crippen LogP contribution in [0.4, 0.5) is 5.69 Å². The van der Waals surface area contributed by atoms with Gasteiger partial charge in [0.15, 0.2) is 5.11 Å². The number of hydrogen-bond donors (Lipinski definition) is 4. The van der Waals surface area contributed by atoms with Gasteiger partial charge < -0.3 is 5.32 Å². The Labute approximate surface area is 132 Å². The highest BCUT2D eigenvalue weighted by atomic mass is 32.1. The van der Waals surface area contributed by atoms with Crippen molar-refractivity contribution >= 4 is 35.1 Å². The first-order chi connectivity index (χ1) is 10.7. The Morgan fingerprint density at radius 2 is 1.77 bits per heavy atom. The largest absolute Gasteiger partial charge is 0.331 e. The number of carbonyl (C=O) groups excluding carboxylic acids is 1. The summed E-state index contributed by atoms with van der Waals surface area (Å²) in [4.78, 5) is 11.2. The van der Waals surface area contributed by atoms with E-state index in [1.54, 1.807) is 36.0 Å². The minimum absolute atomic E-state index is 0.326. The van der Waals surface area contributed by atoms with Gasteiger partial charge in [0.05, 0.1) is 6.21 Å². The maximum absolute atomic E-state index is 11.2. The van der Waals surface area contributed by atoms with Crippen LogP contribution in [-0.4, -0.2) is 22.4 Å². The van der Waals surface area contributed by atoms with Crippen LogP contribution in [0.5, 0.6) is 0 Å². The lowest BCUT2D eigenvalue weighted by Gasteiger charge is -2.07. The van der Waals surface area contributed by atoms with Gasteiger partial charge in [0.25, 0.3) is 5.91 Å². The second-order valence-electron chi connectivity index (χ2n) is 4.25. The number of rotatable bonds is 4. The number of anilines is 1. The molecule has 0 radical (unpaired) electrons. The molecular weight excluding hydrogens is 300 g/mol. The molecule has 0 atom stereocenters. The van der Waals surface area contributed by atoms with Gasteiger partial charge in [0, 0.05) is 11.3 Å². The molecule has 2 aromatic carbocycles. The quantitative estimate of drug-likeness (QED) is 0.301. The Kier molecular flexibility index (Phi) is 5.58. The smallest absolute Gasteiger partial charge is 0.274 e. The van der Waals surface area contributed by atoms with Crippen molar-refractivity contribution in [3.63, 3.8) is 0 Å². The molecule has 112 valence electrons. The van der Waals surface area contributed by atoms with Gasteiger partial charge in [-0.25, -0.2) is 5.48 Å². The molecule has 0 bridgehead atoms. The summed E-state index contributed by atoms with van der Waals surface area (Å²) >= 11 is 5.10. The molecule has 0 unspecified atom stereocenters. The van der Waals surface area contributed by atoms with Crippen LogP contribution in [0.25, 0.3) is 0 Å². The summed E-state index contributed by atoms with van der Waals surface area (Å²) < 4.78 is 0. The first-order valence-electron chi connectivity index (χ1n) is 6.38. The summed E-state index contributed by atoms with van der Waals surface area (Å²) in [7, 11) is 0. The summed E-state index contributed by atoms with van der Waals surface area (Å²) in [5.74, 6) is -0.570. The Balaban J connectivity index is 1.87. The highest BCUT2D eigenvalue weighted by molar-refractivity contribution is 7.80. The fourth-order valence-electron chi connectivity index (χ4n) is 1.63. The second-order valence-corrected chi connectivity index (χ2v) is 4.66. The van der Waals surface area contributed by atoms with E-state index in [0.717, 1.165) is 5.56 Å².